The lowest BCUT2D eigenvalue weighted by atomic mass is 9.93. The maximum Gasteiger partial charge on any atom is 0.193 e. The van der Waals surface area contributed by atoms with Crippen molar-refractivity contribution in [1.29, 1.82) is 0 Å². The molecule has 0 unspecified atom stereocenters. The average molecular weight is 308 g/mol. The Morgan fingerprint density at radius 2 is 2.10 bits per heavy atom. The highest BCUT2D eigenvalue weighted by atomic mass is 32.1. The highest BCUT2D eigenvalue weighted by molar-refractivity contribution is 7.09. The van der Waals surface area contributed by atoms with Crippen molar-refractivity contribution in [3.05, 3.63) is 16.1 Å². The van der Waals surface area contributed by atoms with Crippen LogP contribution in [0.3, 0.4) is 0 Å². The molecule has 1 aromatic heterocycles. The predicted molar refractivity (Wildman–Crippen MR) is 91.0 cm³/mol. The number of aromatic nitrogens is 1. The summed E-state index contributed by atoms with van der Waals surface area (Å²) < 4.78 is 0. The molecule has 0 atom stereocenters. The van der Waals surface area contributed by atoms with E-state index in [0.717, 1.165) is 36.5 Å². The number of likely N-dealkylation sites (tertiary alicyclic amines) is 1. The fourth-order valence-corrected chi connectivity index (χ4v) is 3.40. The van der Waals surface area contributed by atoms with Crippen molar-refractivity contribution in [2.45, 2.75) is 52.5 Å². The quantitative estimate of drug-likeness (QED) is 0.673. The minimum absolute atomic E-state index is 0.124. The van der Waals surface area contributed by atoms with Crippen LogP contribution in [0.4, 0.5) is 0 Å². The van der Waals surface area contributed by atoms with Crippen molar-refractivity contribution in [2.24, 2.45) is 10.9 Å². The Morgan fingerprint density at radius 1 is 1.43 bits per heavy atom. The van der Waals surface area contributed by atoms with Gasteiger partial charge in [-0.2, -0.15) is 0 Å². The lowest BCUT2D eigenvalue weighted by molar-refractivity contribution is 0.273. The molecule has 1 aliphatic heterocycles. The van der Waals surface area contributed by atoms with Crippen LogP contribution in [0.5, 0.6) is 0 Å². The van der Waals surface area contributed by atoms with Crippen LogP contribution in [-0.2, 0) is 12.0 Å². The molecule has 4 nitrogen and oxygen atoms in total. The first-order valence-electron chi connectivity index (χ1n) is 7.80. The fourth-order valence-electron chi connectivity index (χ4n) is 2.44. The van der Waals surface area contributed by atoms with Gasteiger partial charge >= 0.3 is 0 Å². The second-order valence-corrected chi connectivity index (χ2v) is 7.89. The average Bonchev–Trinajstić information content (AvgIpc) is 2.90. The molecular formula is C16H28N4S. The normalized spacial score (nSPS) is 18.1. The molecule has 1 aliphatic rings. The van der Waals surface area contributed by atoms with Crippen molar-refractivity contribution in [3.63, 3.8) is 0 Å². The van der Waals surface area contributed by atoms with E-state index in [9.17, 15) is 0 Å². The minimum atomic E-state index is 0.124. The van der Waals surface area contributed by atoms with Crippen LogP contribution in [0.15, 0.2) is 10.4 Å². The zero-order valence-corrected chi connectivity index (χ0v) is 14.8. The SMILES string of the molecule is CN=C(NCc1nc(C(C)(C)C)cs1)N1CCC(C)CC1. The summed E-state index contributed by atoms with van der Waals surface area (Å²) in [7, 11) is 1.86. The van der Waals surface area contributed by atoms with Gasteiger partial charge in [0.1, 0.15) is 5.01 Å². The van der Waals surface area contributed by atoms with E-state index in [1.54, 1.807) is 11.3 Å². The topological polar surface area (TPSA) is 40.5 Å². The number of aliphatic imine (C=N–C) groups is 1. The van der Waals surface area contributed by atoms with Gasteiger partial charge in [0, 0.05) is 30.9 Å². The summed E-state index contributed by atoms with van der Waals surface area (Å²) in [6.45, 7) is 11.9. The summed E-state index contributed by atoms with van der Waals surface area (Å²) in [5.74, 6) is 1.85. The summed E-state index contributed by atoms with van der Waals surface area (Å²) in [6.07, 6.45) is 2.51. The molecule has 1 fully saturated rings. The molecule has 1 aromatic rings. The van der Waals surface area contributed by atoms with Crippen molar-refractivity contribution in [1.82, 2.24) is 15.2 Å². The lowest BCUT2D eigenvalue weighted by Crippen LogP contribution is -2.45. The van der Waals surface area contributed by atoms with E-state index in [0.29, 0.717) is 0 Å². The van der Waals surface area contributed by atoms with Gasteiger partial charge in [-0.3, -0.25) is 4.99 Å². The Hall–Kier alpha value is -1.10. The van der Waals surface area contributed by atoms with Gasteiger partial charge in [0.05, 0.1) is 12.2 Å². The first-order chi connectivity index (χ1) is 9.90. The molecule has 0 saturated carbocycles. The van der Waals surface area contributed by atoms with E-state index in [4.69, 9.17) is 4.98 Å². The van der Waals surface area contributed by atoms with Gasteiger partial charge in [-0.25, -0.2) is 4.98 Å². The fraction of sp³-hybridized carbons (Fsp3) is 0.750. The molecule has 1 N–H and O–H groups in total. The van der Waals surface area contributed by atoms with Crippen molar-refractivity contribution < 1.29 is 0 Å². The molecule has 0 radical (unpaired) electrons. The van der Waals surface area contributed by atoms with Gasteiger partial charge in [-0.1, -0.05) is 27.7 Å². The smallest absolute Gasteiger partial charge is 0.193 e. The third kappa shape index (κ3) is 4.43. The number of nitrogens with zero attached hydrogens (tertiary/aromatic N) is 3. The number of hydrogen-bond donors (Lipinski definition) is 1. The standard InChI is InChI=1S/C16H28N4S/c1-12-6-8-20(9-7-12)15(17-5)18-10-14-19-13(11-21-14)16(2,3)4/h11-12H,6-10H2,1-5H3,(H,17,18). The second kappa shape index (κ2) is 6.77. The van der Waals surface area contributed by atoms with Crippen molar-refractivity contribution >= 4 is 17.3 Å². The summed E-state index contributed by atoms with van der Waals surface area (Å²) in [5, 5.41) is 6.76. The van der Waals surface area contributed by atoms with Gasteiger partial charge in [0.2, 0.25) is 0 Å². The molecule has 118 valence electrons. The minimum Gasteiger partial charge on any atom is -0.350 e. The highest BCUT2D eigenvalue weighted by Crippen LogP contribution is 2.23. The number of thiazole rings is 1. The van der Waals surface area contributed by atoms with Crippen LogP contribution in [0, 0.1) is 5.92 Å². The first-order valence-corrected chi connectivity index (χ1v) is 8.68. The van der Waals surface area contributed by atoms with E-state index >= 15 is 0 Å². The van der Waals surface area contributed by atoms with Gasteiger partial charge in [-0.15, -0.1) is 11.3 Å². The van der Waals surface area contributed by atoms with E-state index in [-0.39, 0.29) is 5.41 Å². The van der Waals surface area contributed by atoms with Gasteiger partial charge in [-0.05, 0) is 18.8 Å². The van der Waals surface area contributed by atoms with Crippen LogP contribution in [-0.4, -0.2) is 36.0 Å². The number of piperidine rings is 1. The zero-order chi connectivity index (χ0) is 15.5. The first kappa shape index (κ1) is 16.3. The molecule has 2 heterocycles. The second-order valence-electron chi connectivity index (χ2n) is 6.95. The van der Waals surface area contributed by atoms with Gasteiger partial charge in [0.25, 0.3) is 0 Å². The monoisotopic (exact) mass is 308 g/mol. The maximum atomic E-state index is 4.73. The van der Waals surface area contributed by atoms with Crippen LogP contribution >= 0.6 is 11.3 Å². The largest absolute Gasteiger partial charge is 0.350 e. The Morgan fingerprint density at radius 3 is 2.62 bits per heavy atom. The van der Waals surface area contributed by atoms with E-state index in [1.807, 2.05) is 7.05 Å². The van der Waals surface area contributed by atoms with E-state index in [2.05, 4.69) is 48.3 Å². The molecule has 0 spiro atoms. The number of guanidine groups is 1. The molecule has 1 saturated heterocycles. The molecule has 0 aromatic carbocycles. The molecular weight excluding hydrogens is 280 g/mol. The molecule has 21 heavy (non-hydrogen) atoms. The van der Waals surface area contributed by atoms with Crippen molar-refractivity contribution in [3.8, 4) is 0 Å². The molecule has 0 bridgehead atoms. The van der Waals surface area contributed by atoms with Crippen LogP contribution in [0.2, 0.25) is 0 Å². The Labute approximate surface area is 132 Å². The Balaban J connectivity index is 1.90. The third-order valence-corrected chi connectivity index (χ3v) is 4.86. The summed E-state index contributed by atoms with van der Waals surface area (Å²) in [5.41, 5.74) is 1.30. The highest BCUT2D eigenvalue weighted by Gasteiger charge is 2.20. The number of rotatable bonds is 2. The van der Waals surface area contributed by atoms with Crippen LogP contribution in [0.1, 0.15) is 51.2 Å². The van der Waals surface area contributed by atoms with Gasteiger partial charge < -0.3 is 10.2 Å². The van der Waals surface area contributed by atoms with E-state index in [1.165, 1.54) is 18.5 Å². The molecule has 0 amide bonds. The number of hydrogen-bond acceptors (Lipinski definition) is 3. The molecule has 2 rings (SSSR count). The van der Waals surface area contributed by atoms with Crippen LogP contribution in [0.25, 0.3) is 0 Å². The third-order valence-electron chi connectivity index (χ3n) is 4.01. The molecule has 0 aliphatic carbocycles. The van der Waals surface area contributed by atoms with E-state index < -0.39 is 0 Å². The zero-order valence-electron chi connectivity index (χ0n) is 13.9. The predicted octanol–water partition coefficient (Wildman–Crippen LogP) is 3.25. The lowest BCUT2D eigenvalue weighted by Gasteiger charge is -2.32. The summed E-state index contributed by atoms with van der Waals surface area (Å²) >= 11 is 1.73. The van der Waals surface area contributed by atoms with Gasteiger partial charge in [0.15, 0.2) is 5.96 Å². The number of nitrogens with one attached hydrogen (secondary N) is 1. The maximum absolute atomic E-state index is 4.73. The summed E-state index contributed by atoms with van der Waals surface area (Å²) in [6, 6.07) is 0. The Bertz CT molecular complexity index is 479. The molecule has 5 heteroatoms. The van der Waals surface area contributed by atoms with Crippen LogP contribution < -0.4 is 5.32 Å². The Kier molecular flexibility index (Phi) is 5.25. The van der Waals surface area contributed by atoms with Crippen molar-refractivity contribution in [2.75, 3.05) is 20.1 Å². The summed E-state index contributed by atoms with van der Waals surface area (Å²) in [4.78, 5) is 11.5.